The molecule has 0 aromatic heterocycles. The lowest BCUT2D eigenvalue weighted by molar-refractivity contribution is -0.160. The van der Waals surface area contributed by atoms with Crippen LogP contribution >= 0.6 is 0 Å². The molecule has 1 aromatic carbocycles. The zero-order chi connectivity index (χ0) is 21.8. The molecule has 1 fully saturated rings. The number of benzene rings is 1. The number of hydrogen-bond acceptors (Lipinski definition) is 4. The zero-order valence-corrected chi connectivity index (χ0v) is 18.8. The number of esters is 2. The Hall–Kier alpha value is -2.10. The number of unbranched alkanes of at least 4 members (excludes halogenated alkanes) is 7. The first-order valence-electron chi connectivity index (χ1n) is 11.5. The Bertz CT molecular complexity index is 682. The molecule has 166 valence electrons. The molecule has 1 aromatic rings. The van der Waals surface area contributed by atoms with Crippen molar-refractivity contribution < 1.29 is 19.1 Å². The Balaban J connectivity index is 1.49. The van der Waals surface area contributed by atoms with E-state index in [0.717, 1.165) is 18.4 Å². The second-order valence-corrected chi connectivity index (χ2v) is 8.83. The van der Waals surface area contributed by atoms with Gasteiger partial charge in [-0.1, -0.05) is 81.0 Å². The molecule has 0 spiro atoms. The molecule has 0 N–H and O–H groups in total. The summed E-state index contributed by atoms with van der Waals surface area (Å²) < 4.78 is 10.8. The van der Waals surface area contributed by atoms with Crippen molar-refractivity contribution in [2.45, 2.75) is 103 Å². The third-order valence-corrected chi connectivity index (χ3v) is 5.88. The molecule has 4 nitrogen and oxygen atoms in total. The highest BCUT2D eigenvalue weighted by Gasteiger charge is 2.47. The number of hydrogen-bond donors (Lipinski definition) is 0. The summed E-state index contributed by atoms with van der Waals surface area (Å²) in [4.78, 5) is 23.0. The van der Waals surface area contributed by atoms with Crippen molar-refractivity contribution in [3.63, 3.8) is 0 Å². The first-order valence-corrected chi connectivity index (χ1v) is 11.5. The largest absolute Gasteiger partial charge is 0.458 e. The SMILES string of the molecule is C=C(CCCCCCCCCCc1ccccc1)C[C@@]1(C)OC(=O)C[C@H]1OC(C)=O. The summed E-state index contributed by atoms with van der Waals surface area (Å²) in [7, 11) is 0. The van der Waals surface area contributed by atoms with Gasteiger partial charge in [0.1, 0.15) is 0 Å². The molecule has 1 heterocycles. The van der Waals surface area contributed by atoms with E-state index in [1.165, 1.54) is 63.9 Å². The summed E-state index contributed by atoms with van der Waals surface area (Å²) in [6, 6.07) is 10.7. The summed E-state index contributed by atoms with van der Waals surface area (Å²) >= 11 is 0. The van der Waals surface area contributed by atoms with E-state index in [2.05, 4.69) is 36.9 Å². The highest BCUT2D eigenvalue weighted by atomic mass is 16.6. The maximum absolute atomic E-state index is 11.7. The van der Waals surface area contributed by atoms with E-state index in [1.54, 1.807) is 0 Å². The number of cyclic esters (lactones) is 1. The molecule has 0 unspecified atom stereocenters. The molecule has 2 rings (SSSR count). The molecule has 0 radical (unpaired) electrons. The van der Waals surface area contributed by atoms with Gasteiger partial charge in [-0.25, -0.2) is 0 Å². The Morgan fingerprint density at radius 1 is 1.07 bits per heavy atom. The van der Waals surface area contributed by atoms with E-state index in [0.29, 0.717) is 6.42 Å². The Labute approximate surface area is 182 Å². The number of aryl methyl sites for hydroxylation is 1. The molecule has 0 amide bonds. The Morgan fingerprint density at radius 2 is 1.67 bits per heavy atom. The van der Waals surface area contributed by atoms with Crippen molar-refractivity contribution in [3.05, 3.63) is 48.0 Å². The molecular formula is C26H38O4. The topological polar surface area (TPSA) is 52.6 Å². The molecule has 2 atom stereocenters. The highest BCUT2D eigenvalue weighted by molar-refractivity contribution is 5.75. The summed E-state index contributed by atoms with van der Waals surface area (Å²) in [5.74, 6) is -0.685. The summed E-state index contributed by atoms with van der Waals surface area (Å²) in [6.07, 6.45) is 12.4. The van der Waals surface area contributed by atoms with Crippen molar-refractivity contribution in [2.24, 2.45) is 0 Å². The average Bonchev–Trinajstić information content (AvgIpc) is 2.96. The number of rotatable bonds is 14. The second kappa shape index (κ2) is 12.6. The quantitative estimate of drug-likeness (QED) is 0.203. The average molecular weight is 415 g/mol. The first-order chi connectivity index (χ1) is 14.4. The van der Waals surface area contributed by atoms with Crippen LogP contribution < -0.4 is 0 Å². The molecule has 0 saturated carbocycles. The van der Waals surface area contributed by atoms with Gasteiger partial charge in [0.25, 0.3) is 0 Å². The normalized spacial score (nSPS) is 20.7. The van der Waals surface area contributed by atoms with Crippen molar-refractivity contribution >= 4 is 11.9 Å². The van der Waals surface area contributed by atoms with E-state index >= 15 is 0 Å². The van der Waals surface area contributed by atoms with Crippen molar-refractivity contribution in [1.82, 2.24) is 0 Å². The zero-order valence-electron chi connectivity index (χ0n) is 18.8. The van der Waals surface area contributed by atoms with Gasteiger partial charge in [0.05, 0.1) is 6.42 Å². The molecular weight excluding hydrogens is 376 g/mol. The third-order valence-electron chi connectivity index (χ3n) is 5.88. The van der Waals surface area contributed by atoms with E-state index in [-0.39, 0.29) is 18.4 Å². The predicted molar refractivity (Wildman–Crippen MR) is 120 cm³/mol. The second-order valence-electron chi connectivity index (χ2n) is 8.83. The molecule has 4 heteroatoms. The number of carbonyl (C=O) groups excluding carboxylic acids is 2. The summed E-state index contributed by atoms with van der Waals surface area (Å²) in [5, 5.41) is 0. The van der Waals surface area contributed by atoms with E-state index < -0.39 is 11.7 Å². The maximum atomic E-state index is 11.7. The van der Waals surface area contributed by atoms with Crippen LogP contribution in [0, 0.1) is 0 Å². The van der Waals surface area contributed by atoms with Crippen molar-refractivity contribution in [2.75, 3.05) is 0 Å². The standard InChI is InChI=1S/C26H38O4/c1-21(20-26(3)24(29-22(2)27)19-25(28)30-26)15-11-8-6-4-5-7-9-12-16-23-17-13-10-14-18-23/h10,13-14,17-18,24H,1,4-9,11-12,15-16,19-20H2,2-3H3/t24-,26-/m1/s1. The predicted octanol–water partition coefficient (Wildman–Crippen LogP) is 6.32. The minimum Gasteiger partial charge on any atom is -0.458 e. The van der Waals surface area contributed by atoms with Crippen molar-refractivity contribution in [3.8, 4) is 0 Å². The fraction of sp³-hybridized carbons (Fsp3) is 0.615. The van der Waals surface area contributed by atoms with Crippen LogP contribution in [0.1, 0.15) is 90.0 Å². The van der Waals surface area contributed by atoms with Gasteiger partial charge in [0.2, 0.25) is 0 Å². The number of carbonyl (C=O) groups is 2. The van der Waals surface area contributed by atoms with Crippen LogP contribution in [0.4, 0.5) is 0 Å². The van der Waals surface area contributed by atoms with Crippen LogP contribution in [-0.4, -0.2) is 23.6 Å². The van der Waals surface area contributed by atoms with E-state index in [4.69, 9.17) is 9.47 Å². The lowest BCUT2D eigenvalue weighted by Gasteiger charge is -2.29. The lowest BCUT2D eigenvalue weighted by Crippen LogP contribution is -2.39. The highest BCUT2D eigenvalue weighted by Crippen LogP contribution is 2.35. The molecule has 1 aliphatic rings. The molecule has 1 aliphatic heterocycles. The minimum atomic E-state index is -0.778. The molecule has 0 aliphatic carbocycles. The van der Waals surface area contributed by atoms with Crippen molar-refractivity contribution in [1.29, 1.82) is 0 Å². The van der Waals surface area contributed by atoms with Gasteiger partial charge in [-0.2, -0.15) is 0 Å². The molecule has 30 heavy (non-hydrogen) atoms. The maximum Gasteiger partial charge on any atom is 0.310 e. The van der Waals surface area contributed by atoms with E-state index in [1.807, 2.05) is 6.92 Å². The van der Waals surface area contributed by atoms with Crippen LogP contribution in [0.2, 0.25) is 0 Å². The van der Waals surface area contributed by atoms with Gasteiger partial charge in [-0.3, -0.25) is 9.59 Å². The van der Waals surface area contributed by atoms with Gasteiger partial charge >= 0.3 is 11.9 Å². The Kier molecular flexibility index (Phi) is 10.1. The molecule has 1 saturated heterocycles. The van der Waals surface area contributed by atoms with Crippen LogP contribution in [0.15, 0.2) is 42.5 Å². The number of ether oxygens (including phenoxy) is 2. The van der Waals surface area contributed by atoms with Crippen LogP contribution in [0.5, 0.6) is 0 Å². The lowest BCUT2D eigenvalue weighted by atomic mass is 9.89. The van der Waals surface area contributed by atoms with Gasteiger partial charge in [0, 0.05) is 13.3 Å². The van der Waals surface area contributed by atoms with Gasteiger partial charge < -0.3 is 9.47 Å². The fourth-order valence-electron chi connectivity index (χ4n) is 4.25. The third kappa shape index (κ3) is 8.73. The van der Waals surface area contributed by atoms with Crippen LogP contribution in [-0.2, 0) is 25.5 Å². The van der Waals surface area contributed by atoms with Crippen LogP contribution in [0.3, 0.4) is 0 Å². The Morgan fingerprint density at radius 3 is 2.30 bits per heavy atom. The van der Waals surface area contributed by atoms with Gasteiger partial charge in [-0.15, -0.1) is 0 Å². The van der Waals surface area contributed by atoms with Gasteiger partial charge in [-0.05, 0) is 38.2 Å². The summed E-state index contributed by atoms with van der Waals surface area (Å²) in [5.41, 5.74) is 1.72. The molecule has 0 bridgehead atoms. The minimum absolute atomic E-state index is 0.134. The summed E-state index contributed by atoms with van der Waals surface area (Å²) in [6.45, 7) is 7.37. The van der Waals surface area contributed by atoms with E-state index in [9.17, 15) is 9.59 Å². The van der Waals surface area contributed by atoms with Crippen LogP contribution in [0.25, 0.3) is 0 Å². The van der Waals surface area contributed by atoms with Gasteiger partial charge in [0.15, 0.2) is 11.7 Å². The first kappa shape index (κ1) is 24.2. The fourth-order valence-corrected chi connectivity index (χ4v) is 4.25. The smallest absolute Gasteiger partial charge is 0.310 e. The monoisotopic (exact) mass is 414 g/mol.